The van der Waals surface area contributed by atoms with Crippen molar-refractivity contribution in [1.29, 1.82) is 0 Å². The quantitative estimate of drug-likeness (QED) is 0.585. The zero-order chi connectivity index (χ0) is 21.3. The molecule has 0 saturated carbocycles. The van der Waals surface area contributed by atoms with Gasteiger partial charge in [-0.25, -0.2) is 13.4 Å². The summed E-state index contributed by atoms with van der Waals surface area (Å²) < 4.78 is 32.6. The van der Waals surface area contributed by atoms with Crippen LogP contribution in [0.1, 0.15) is 20.4 Å². The van der Waals surface area contributed by atoms with E-state index in [1.165, 1.54) is 28.8 Å². The van der Waals surface area contributed by atoms with E-state index in [0.717, 1.165) is 10.6 Å². The monoisotopic (exact) mass is 444 g/mol. The van der Waals surface area contributed by atoms with Gasteiger partial charge in [-0.2, -0.15) is 4.31 Å². The predicted molar refractivity (Wildman–Crippen MR) is 115 cm³/mol. The molecule has 0 unspecified atom stereocenters. The zero-order valence-corrected chi connectivity index (χ0v) is 17.8. The summed E-state index contributed by atoms with van der Waals surface area (Å²) in [6, 6.07) is 13.4. The molecule has 8 nitrogen and oxygen atoms in total. The molecule has 0 radical (unpaired) electrons. The third-order valence-corrected chi connectivity index (χ3v) is 7.70. The minimum atomic E-state index is -3.69. The van der Waals surface area contributed by atoms with Gasteiger partial charge >= 0.3 is 0 Å². The lowest BCUT2D eigenvalue weighted by Gasteiger charge is -2.25. The van der Waals surface area contributed by atoms with Gasteiger partial charge < -0.3 is 15.8 Å². The Balaban J connectivity index is 1.54. The summed E-state index contributed by atoms with van der Waals surface area (Å²) in [6.07, 6.45) is 0.440. The second kappa shape index (κ2) is 8.05. The van der Waals surface area contributed by atoms with Crippen LogP contribution >= 0.6 is 11.3 Å². The fraction of sp³-hybridized carbons (Fsp3) is 0.200. The van der Waals surface area contributed by atoms with Crippen molar-refractivity contribution in [2.75, 3.05) is 24.7 Å². The number of fused-ring (bicyclic) bond motifs is 1. The number of thiazole rings is 1. The fourth-order valence-corrected chi connectivity index (χ4v) is 5.72. The van der Waals surface area contributed by atoms with Gasteiger partial charge in [-0.05, 0) is 24.3 Å². The van der Waals surface area contributed by atoms with Crippen LogP contribution in [0.15, 0.2) is 53.4 Å². The predicted octanol–water partition coefficient (Wildman–Crippen LogP) is 2.73. The zero-order valence-electron chi connectivity index (χ0n) is 16.2. The van der Waals surface area contributed by atoms with E-state index in [4.69, 9.17) is 10.5 Å². The molecular weight excluding hydrogens is 424 g/mol. The minimum absolute atomic E-state index is 0.173. The molecule has 1 amide bonds. The molecule has 10 heteroatoms. The van der Waals surface area contributed by atoms with Crippen molar-refractivity contribution in [3.05, 3.63) is 64.1 Å². The van der Waals surface area contributed by atoms with Gasteiger partial charge in [0.2, 0.25) is 10.0 Å². The van der Waals surface area contributed by atoms with Crippen molar-refractivity contribution in [2.45, 2.75) is 17.9 Å². The summed E-state index contributed by atoms with van der Waals surface area (Å²) >= 11 is 1.20. The van der Waals surface area contributed by atoms with E-state index in [9.17, 15) is 13.2 Å². The second-order valence-corrected chi connectivity index (χ2v) is 9.72. The summed E-state index contributed by atoms with van der Waals surface area (Å²) in [6.45, 7) is 0.469. The molecule has 1 aliphatic rings. The summed E-state index contributed by atoms with van der Waals surface area (Å²) in [4.78, 5) is 17.9. The number of anilines is 2. The van der Waals surface area contributed by atoms with Gasteiger partial charge in [0.05, 0.1) is 35.6 Å². The smallest absolute Gasteiger partial charge is 0.284 e. The highest BCUT2D eigenvalue weighted by Gasteiger charge is 2.31. The topological polar surface area (TPSA) is 115 Å². The van der Waals surface area contributed by atoms with E-state index in [2.05, 4.69) is 10.3 Å². The third-order valence-electron chi connectivity index (χ3n) is 4.78. The van der Waals surface area contributed by atoms with Crippen molar-refractivity contribution in [3.63, 3.8) is 0 Å². The molecule has 0 saturated heterocycles. The van der Waals surface area contributed by atoms with Gasteiger partial charge in [-0.15, -0.1) is 11.3 Å². The Morgan fingerprint density at radius 1 is 1.23 bits per heavy atom. The Kier molecular flexibility index (Phi) is 5.46. The molecule has 4 rings (SSSR count). The van der Waals surface area contributed by atoms with Crippen LogP contribution in [-0.4, -0.2) is 37.3 Å². The number of rotatable bonds is 5. The van der Waals surface area contributed by atoms with Crippen LogP contribution in [0.5, 0.6) is 5.75 Å². The third kappa shape index (κ3) is 3.89. The Labute approximate surface area is 178 Å². The maximum atomic E-state index is 13.0. The van der Waals surface area contributed by atoms with E-state index in [1.807, 2.05) is 0 Å². The average molecular weight is 445 g/mol. The number of ether oxygens (including phenoxy) is 1. The first-order chi connectivity index (χ1) is 14.4. The lowest BCUT2D eigenvalue weighted by atomic mass is 10.2. The SMILES string of the molecule is COc1cccc(S(=O)(=O)N2CCc3nc(C(=O)Nc4ccccc4N)sc3C2)c1. The van der Waals surface area contributed by atoms with Crippen molar-refractivity contribution >= 4 is 38.6 Å². The maximum Gasteiger partial charge on any atom is 0.284 e. The average Bonchev–Trinajstić information content (AvgIpc) is 3.19. The first kappa shape index (κ1) is 20.3. The molecular formula is C20H20N4O4S2. The fourth-order valence-electron chi connectivity index (χ4n) is 3.17. The molecule has 0 atom stereocenters. The van der Waals surface area contributed by atoms with Crippen LogP contribution in [0.3, 0.4) is 0 Å². The molecule has 1 aliphatic heterocycles. The Hall–Kier alpha value is -2.95. The number of methoxy groups -OCH3 is 1. The molecule has 3 aromatic rings. The number of amides is 1. The molecule has 2 aromatic carbocycles. The number of carbonyl (C=O) groups excluding carboxylic acids is 1. The number of nitrogens with one attached hydrogen (secondary N) is 1. The van der Waals surface area contributed by atoms with Crippen molar-refractivity contribution in [3.8, 4) is 5.75 Å². The van der Waals surface area contributed by atoms with Crippen molar-refractivity contribution in [1.82, 2.24) is 9.29 Å². The highest BCUT2D eigenvalue weighted by atomic mass is 32.2. The first-order valence-corrected chi connectivity index (χ1v) is 11.4. The summed E-state index contributed by atoms with van der Waals surface area (Å²) in [5.41, 5.74) is 7.60. The number of sulfonamides is 1. The number of hydrogen-bond donors (Lipinski definition) is 2. The summed E-state index contributed by atoms with van der Waals surface area (Å²) in [5.74, 6) is 0.111. The van der Waals surface area contributed by atoms with Gasteiger partial charge in [0.25, 0.3) is 5.91 Å². The number of hydrogen-bond acceptors (Lipinski definition) is 7. The molecule has 0 aliphatic carbocycles. The van der Waals surface area contributed by atoms with Crippen LogP contribution in [0.25, 0.3) is 0 Å². The van der Waals surface area contributed by atoms with E-state index in [-0.39, 0.29) is 22.4 Å². The molecule has 0 fully saturated rings. The Morgan fingerprint density at radius 3 is 2.80 bits per heavy atom. The van der Waals surface area contributed by atoms with Crippen LogP contribution in [-0.2, 0) is 23.0 Å². The molecule has 156 valence electrons. The number of benzene rings is 2. The number of nitrogens with two attached hydrogens (primary N) is 1. The normalized spacial score (nSPS) is 14.2. The molecule has 0 spiro atoms. The van der Waals surface area contributed by atoms with Gasteiger partial charge in [0.1, 0.15) is 5.75 Å². The highest BCUT2D eigenvalue weighted by Crippen LogP contribution is 2.30. The standard InChI is InChI=1S/C20H20N4O4S2/c1-28-13-5-4-6-14(11-13)30(26,27)24-10-9-17-18(12-24)29-20(23-17)19(25)22-16-8-3-2-7-15(16)21/h2-8,11H,9-10,12,21H2,1H3,(H,22,25). The second-order valence-electron chi connectivity index (χ2n) is 6.70. The van der Waals surface area contributed by atoms with Crippen LogP contribution < -0.4 is 15.8 Å². The lowest BCUT2D eigenvalue weighted by Crippen LogP contribution is -2.35. The van der Waals surface area contributed by atoms with E-state index in [1.54, 1.807) is 42.5 Å². The van der Waals surface area contributed by atoms with Crippen LogP contribution in [0.4, 0.5) is 11.4 Å². The molecule has 3 N–H and O–H groups in total. The number of carbonyl (C=O) groups is 1. The lowest BCUT2D eigenvalue weighted by molar-refractivity contribution is 0.102. The van der Waals surface area contributed by atoms with Gasteiger partial charge in [0.15, 0.2) is 5.01 Å². The van der Waals surface area contributed by atoms with Crippen molar-refractivity contribution in [2.24, 2.45) is 0 Å². The van der Waals surface area contributed by atoms with Gasteiger partial charge in [-0.3, -0.25) is 4.79 Å². The first-order valence-electron chi connectivity index (χ1n) is 9.17. The number of nitrogen functional groups attached to an aromatic ring is 1. The minimum Gasteiger partial charge on any atom is -0.497 e. The van der Waals surface area contributed by atoms with E-state index < -0.39 is 10.0 Å². The van der Waals surface area contributed by atoms with Crippen molar-refractivity contribution < 1.29 is 17.9 Å². The largest absolute Gasteiger partial charge is 0.497 e. The Morgan fingerprint density at radius 2 is 2.03 bits per heavy atom. The number of para-hydroxylation sites is 2. The Bertz CT molecular complexity index is 1210. The molecule has 30 heavy (non-hydrogen) atoms. The van der Waals surface area contributed by atoms with Gasteiger partial charge in [-0.1, -0.05) is 18.2 Å². The summed E-state index contributed by atoms with van der Waals surface area (Å²) in [5, 5.41) is 3.04. The van der Waals surface area contributed by atoms with Crippen LogP contribution in [0.2, 0.25) is 0 Å². The highest BCUT2D eigenvalue weighted by molar-refractivity contribution is 7.89. The summed E-state index contributed by atoms with van der Waals surface area (Å²) in [7, 11) is -2.20. The van der Waals surface area contributed by atoms with Crippen LogP contribution in [0, 0.1) is 0 Å². The molecule has 2 heterocycles. The number of nitrogens with zero attached hydrogens (tertiary/aromatic N) is 2. The van der Waals surface area contributed by atoms with E-state index in [0.29, 0.717) is 30.1 Å². The number of aromatic nitrogens is 1. The molecule has 1 aromatic heterocycles. The maximum absolute atomic E-state index is 13.0. The molecule has 0 bridgehead atoms. The van der Waals surface area contributed by atoms with Gasteiger partial charge in [0, 0.05) is 23.9 Å². The van der Waals surface area contributed by atoms with E-state index >= 15 is 0 Å².